The zero-order chi connectivity index (χ0) is 10.3. The number of esters is 1. The van der Waals surface area contributed by atoms with Crippen molar-refractivity contribution in [2.75, 3.05) is 18.1 Å². The smallest absolute Gasteiger partial charge is 0.315 e. The summed E-state index contributed by atoms with van der Waals surface area (Å²) in [5, 5.41) is 0. The zero-order valence-corrected chi connectivity index (χ0v) is 10.9. The molecule has 0 bridgehead atoms. The Bertz CT molecular complexity index is 154. The van der Waals surface area contributed by atoms with Crippen LogP contribution in [0.1, 0.15) is 6.92 Å². The van der Waals surface area contributed by atoms with Gasteiger partial charge in [0.05, 0.1) is 12.4 Å². The highest BCUT2D eigenvalue weighted by atomic mass is 32.2. The number of ether oxygens (including phenoxy) is 1. The molecule has 0 aliphatic heterocycles. The second-order valence-electron chi connectivity index (χ2n) is 4.17. The van der Waals surface area contributed by atoms with Crippen LogP contribution in [0.25, 0.3) is 0 Å². The summed E-state index contributed by atoms with van der Waals surface area (Å²) in [6, 6.07) is 1.27. The van der Waals surface area contributed by atoms with E-state index in [1.807, 2.05) is 6.92 Å². The average Bonchev–Trinajstić information content (AvgIpc) is 1.97. The molecule has 4 heteroatoms. The molecule has 2 nitrogen and oxygen atoms in total. The molecule has 0 amide bonds. The topological polar surface area (TPSA) is 26.3 Å². The van der Waals surface area contributed by atoms with Crippen molar-refractivity contribution in [2.45, 2.75) is 32.6 Å². The Balaban J connectivity index is 3.31. The number of hydrogen-bond acceptors (Lipinski definition) is 3. The number of carbonyl (C=O) groups excluding carboxylic acids is 1. The van der Waals surface area contributed by atoms with Crippen molar-refractivity contribution in [1.82, 2.24) is 0 Å². The average molecular weight is 220 g/mol. The summed E-state index contributed by atoms with van der Waals surface area (Å²) in [5.74, 6) is 1.52. The third kappa shape index (κ3) is 9.95. The fourth-order valence-electron chi connectivity index (χ4n) is 0.737. The van der Waals surface area contributed by atoms with E-state index in [4.69, 9.17) is 4.74 Å². The largest absolute Gasteiger partial charge is 0.465 e. The van der Waals surface area contributed by atoms with Gasteiger partial charge in [0.25, 0.3) is 0 Å². The van der Waals surface area contributed by atoms with E-state index in [1.165, 1.54) is 6.04 Å². The summed E-state index contributed by atoms with van der Waals surface area (Å²) in [5.41, 5.74) is 0. The molecule has 13 heavy (non-hydrogen) atoms. The molecule has 0 atom stereocenters. The number of carbonyl (C=O) groups is 1. The van der Waals surface area contributed by atoms with Crippen LogP contribution in [0.2, 0.25) is 25.7 Å². The minimum Gasteiger partial charge on any atom is -0.465 e. The number of hydrogen-bond donors (Lipinski definition) is 0. The van der Waals surface area contributed by atoms with E-state index in [-0.39, 0.29) is 5.97 Å². The predicted octanol–water partition coefficient (Wildman–Crippen LogP) is 2.62. The first-order valence-corrected chi connectivity index (χ1v) is 9.55. The minimum absolute atomic E-state index is 0.0805. The second-order valence-corrected chi connectivity index (χ2v) is 10.9. The Labute approximate surface area is 86.4 Å². The van der Waals surface area contributed by atoms with Gasteiger partial charge in [0.15, 0.2) is 0 Å². The van der Waals surface area contributed by atoms with Gasteiger partial charge in [-0.3, -0.25) is 4.79 Å². The lowest BCUT2D eigenvalue weighted by molar-refractivity contribution is -0.139. The molecule has 0 heterocycles. The first kappa shape index (κ1) is 13.0. The molecule has 0 aromatic carbocycles. The van der Waals surface area contributed by atoms with Crippen LogP contribution in [0.3, 0.4) is 0 Å². The van der Waals surface area contributed by atoms with Gasteiger partial charge in [0.1, 0.15) is 0 Å². The van der Waals surface area contributed by atoms with Crippen LogP contribution in [-0.2, 0) is 9.53 Å². The van der Waals surface area contributed by atoms with Crippen molar-refractivity contribution in [1.29, 1.82) is 0 Å². The van der Waals surface area contributed by atoms with Gasteiger partial charge in [0.2, 0.25) is 0 Å². The lowest BCUT2D eigenvalue weighted by Gasteiger charge is -2.14. The van der Waals surface area contributed by atoms with Gasteiger partial charge in [-0.2, -0.15) is 11.8 Å². The highest BCUT2D eigenvalue weighted by Gasteiger charge is 2.12. The van der Waals surface area contributed by atoms with Crippen molar-refractivity contribution < 1.29 is 9.53 Å². The highest BCUT2D eigenvalue weighted by molar-refractivity contribution is 8.00. The van der Waals surface area contributed by atoms with Crippen LogP contribution in [0, 0.1) is 0 Å². The summed E-state index contributed by atoms with van der Waals surface area (Å²) in [6.45, 7) is 9.37. The van der Waals surface area contributed by atoms with Crippen LogP contribution in [0.15, 0.2) is 0 Å². The Morgan fingerprint density at radius 2 is 2.00 bits per heavy atom. The Morgan fingerprint density at radius 1 is 1.38 bits per heavy atom. The fourth-order valence-corrected chi connectivity index (χ4v) is 4.16. The second kappa shape index (κ2) is 6.48. The molecule has 0 N–H and O–H groups in total. The molecule has 0 aliphatic rings. The summed E-state index contributed by atoms with van der Waals surface area (Å²) in [6.07, 6.45) is 0. The summed E-state index contributed by atoms with van der Waals surface area (Å²) in [7, 11) is -0.921. The Kier molecular flexibility index (Phi) is 6.50. The molecule has 0 aromatic heterocycles. The molecule has 0 radical (unpaired) electrons. The van der Waals surface area contributed by atoms with Gasteiger partial charge in [-0.15, -0.1) is 0 Å². The van der Waals surface area contributed by atoms with E-state index in [0.29, 0.717) is 12.4 Å². The zero-order valence-electron chi connectivity index (χ0n) is 9.05. The highest BCUT2D eigenvalue weighted by Crippen LogP contribution is 2.13. The third-order valence-corrected chi connectivity index (χ3v) is 4.57. The molecule has 0 aromatic rings. The van der Waals surface area contributed by atoms with Crippen molar-refractivity contribution >= 4 is 25.8 Å². The minimum atomic E-state index is -0.921. The lowest BCUT2D eigenvalue weighted by Crippen LogP contribution is -2.20. The molecule has 0 saturated carbocycles. The molecule has 0 rings (SSSR count). The van der Waals surface area contributed by atoms with Gasteiger partial charge >= 0.3 is 5.97 Å². The molecular formula is C9H20O2SSi. The normalized spacial score (nSPS) is 11.4. The molecule has 0 saturated heterocycles. The van der Waals surface area contributed by atoms with Crippen LogP contribution in [0.5, 0.6) is 0 Å². The summed E-state index contributed by atoms with van der Waals surface area (Å²) < 4.78 is 4.83. The molecule has 0 spiro atoms. The monoisotopic (exact) mass is 220 g/mol. The Morgan fingerprint density at radius 3 is 2.46 bits per heavy atom. The standard InChI is InChI=1S/C9H20O2SSi/c1-5-11-9(10)8-12-6-7-13(2,3)4/h5-8H2,1-4H3. The van der Waals surface area contributed by atoms with Gasteiger partial charge in [-0.05, 0) is 18.7 Å². The van der Waals surface area contributed by atoms with Gasteiger partial charge in [-0.25, -0.2) is 0 Å². The van der Waals surface area contributed by atoms with Crippen LogP contribution in [-0.4, -0.2) is 32.2 Å². The van der Waals surface area contributed by atoms with E-state index >= 15 is 0 Å². The molecule has 0 aliphatic carbocycles. The third-order valence-electron chi connectivity index (χ3n) is 1.52. The maximum absolute atomic E-state index is 10.9. The van der Waals surface area contributed by atoms with Crippen molar-refractivity contribution in [3.63, 3.8) is 0 Å². The van der Waals surface area contributed by atoms with Crippen LogP contribution < -0.4 is 0 Å². The van der Waals surface area contributed by atoms with E-state index in [1.54, 1.807) is 11.8 Å². The van der Waals surface area contributed by atoms with Crippen LogP contribution in [0.4, 0.5) is 0 Å². The maximum atomic E-state index is 10.9. The van der Waals surface area contributed by atoms with Gasteiger partial charge < -0.3 is 4.74 Å². The molecular weight excluding hydrogens is 200 g/mol. The van der Waals surface area contributed by atoms with Crippen molar-refractivity contribution in [3.8, 4) is 0 Å². The van der Waals surface area contributed by atoms with Crippen LogP contribution >= 0.6 is 11.8 Å². The van der Waals surface area contributed by atoms with E-state index in [9.17, 15) is 4.79 Å². The maximum Gasteiger partial charge on any atom is 0.315 e. The first-order chi connectivity index (χ1) is 5.95. The van der Waals surface area contributed by atoms with E-state index in [2.05, 4.69) is 19.6 Å². The first-order valence-electron chi connectivity index (χ1n) is 4.69. The predicted molar refractivity (Wildman–Crippen MR) is 62.1 cm³/mol. The summed E-state index contributed by atoms with van der Waals surface area (Å²) in [4.78, 5) is 10.9. The van der Waals surface area contributed by atoms with E-state index in [0.717, 1.165) is 5.75 Å². The fraction of sp³-hybridized carbons (Fsp3) is 0.889. The van der Waals surface area contributed by atoms with Crippen molar-refractivity contribution in [2.24, 2.45) is 0 Å². The van der Waals surface area contributed by atoms with Crippen molar-refractivity contribution in [3.05, 3.63) is 0 Å². The Hall–Kier alpha value is 0.0369. The quantitative estimate of drug-likeness (QED) is 0.391. The SMILES string of the molecule is CCOC(=O)CSCC[Si](C)(C)C. The lowest BCUT2D eigenvalue weighted by atomic mass is 10.8. The molecule has 78 valence electrons. The van der Waals surface area contributed by atoms with E-state index < -0.39 is 8.07 Å². The van der Waals surface area contributed by atoms with Gasteiger partial charge in [0, 0.05) is 8.07 Å². The number of thioether (sulfide) groups is 1. The molecule has 0 unspecified atom stereocenters. The molecule has 0 fully saturated rings. The number of rotatable bonds is 6. The van der Waals surface area contributed by atoms with Gasteiger partial charge in [-0.1, -0.05) is 19.6 Å². The summed E-state index contributed by atoms with van der Waals surface area (Å²) >= 11 is 1.69.